The lowest BCUT2D eigenvalue weighted by Crippen LogP contribution is -2.47. The van der Waals surface area contributed by atoms with Gasteiger partial charge in [0.25, 0.3) is 0 Å². The topological polar surface area (TPSA) is 72.3 Å². The zero-order chi connectivity index (χ0) is 17.3. The van der Waals surface area contributed by atoms with Crippen LogP contribution in [-0.2, 0) is 21.7 Å². The van der Waals surface area contributed by atoms with Gasteiger partial charge in [-0.3, -0.25) is 9.48 Å². The molecule has 1 amide bonds. The van der Waals surface area contributed by atoms with Crippen molar-refractivity contribution in [3.8, 4) is 0 Å². The third kappa shape index (κ3) is 3.36. The van der Waals surface area contributed by atoms with Gasteiger partial charge < -0.3 is 4.90 Å². The summed E-state index contributed by atoms with van der Waals surface area (Å²) in [7, 11) is -1.38. The van der Waals surface area contributed by atoms with Crippen molar-refractivity contribution in [2.45, 2.75) is 18.9 Å². The van der Waals surface area contributed by atoms with Gasteiger partial charge in [-0.05, 0) is 12.5 Å². The van der Waals surface area contributed by atoms with Crippen molar-refractivity contribution < 1.29 is 13.2 Å². The molecular weight excluding hydrogens is 326 g/mol. The van der Waals surface area contributed by atoms with Crippen molar-refractivity contribution in [3.05, 3.63) is 53.9 Å². The van der Waals surface area contributed by atoms with Crippen LogP contribution in [0.15, 0.2) is 42.7 Å². The summed E-state index contributed by atoms with van der Waals surface area (Å²) in [4.78, 5) is 14.7. The van der Waals surface area contributed by atoms with Gasteiger partial charge in [-0.15, -0.1) is 0 Å². The highest BCUT2D eigenvalue weighted by Gasteiger charge is 2.37. The molecule has 1 aliphatic rings. The number of aromatic nitrogens is 2. The minimum absolute atomic E-state index is 0.0109. The van der Waals surface area contributed by atoms with Gasteiger partial charge in [-0.1, -0.05) is 30.3 Å². The SMILES string of the molecule is C[C@@H](C(=O)N1CCS(=O)(=O)C[C@@H]1c1cnn(C)c1)c1ccccc1. The maximum Gasteiger partial charge on any atom is 0.230 e. The number of sulfone groups is 1. The maximum atomic E-state index is 13.0. The Morgan fingerprint density at radius 2 is 2.00 bits per heavy atom. The summed E-state index contributed by atoms with van der Waals surface area (Å²) in [5, 5.41) is 4.12. The summed E-state index contributed by atoms with van der Waals surface area (Å²) < 4.78 is 25.8. The van der Waals surface area contributed by atoms with Crippen LogP contribution in [-0.4, -0.2) is 47.1 Å². The molecule has 0 unspecified atom stereocenters. The van der Waals surface area contributed by atoms with Gasteiger partial charge in [-0.25, -0.2) is 8.42 Å². The first-order valence-electron chi connectivity index (χ1n) is 7.92. The molecule has 0 N–H and O–H groups in total. The molecule has 0 aliphatic carbocycles. The molecule has 2 heterocycles. The molecule has 0 saturated carbocycles. The Kier molecular flexibility index (Phi) is 4.45. The predicted octanol–water partition coefficient (Wildman–Crippen LogP) is 1.52. The predicted molar refractivity (Wildman–Crippen MR) is 91.2 cm³/mol. The number of hydrogen-bond acceptors (Lipinski definition) is 4. The highest BCUT2D eigenvalue weighted by atomic mass is 32.2. The monoisotopic (exact) mass is 347 g/mol. The van der Waals surface area contributed by atoms with Gasteiger partial charge in [-0.2, -0.15) is 5.10 Å². The largest absolute Gasteiger partial charge is 0.333 e. The zero-order valence-electron chi connectivity index (χ0n) is 13.8. The smallest absolute Gasteiger partial charge is 0.230 e. The molecule has 0 bridgehead atoms. The Hall–Kier alpha value is -2.15. The lowest BCUT2D eigenvalue weighted by molar-refractivity contribution is -0.134. The lowest BCUT2D eigenvalue weighted by atomic mass is 9.98. The molecule has 1 fully saturated rings. The fourth-order valence-corrected chi connectivity index (χ4v) is 4.59. The van der Waals surface area contributed by atoms with E-state index in [1.807, 2.05) is 37.3 Å². The van der Waals surface area contributed by atoms with Crippen molar-refractivity contribution in [1.82, 2.24) is 14.7 Å². The van der Waals surface area contributed by atoms with Crippen molar-refractivity contribution in [2.24, 2.45) is 7.05 Å². The van der Waals surface area contributed by atoms with E-state index in [4.69, 9.17) is 0 Å². The van der Waals surface area contributed by atoms with Crippen LogP contribution in [0, 0.1) is 0 Å². The van der Waals surface area contributed by atoms with Gasteiger partial charge in [0, 0.05) is 25.4 Å². The highest BCUT2D eigenvalue weighted by Crippen LogP contribution is 2.30. The van der Waals surface area contributed by atoms with Crippen LogP contribution >= 0.6 is 0 Å². The highest BCUT2D eigenvalue weighted by molar-refractivity contribution is 7.91. The minimum Gasteiger partial charge on any atom is -0.333 e. The van der Waals surface area contributed by atoms with E-state index in [-0.39, 0.29) is 29.9 Å². The molecule has 1 aromatic carbocycles. The second-order valence-corrected chi connectivity index (χ2v) is 8.47. The van der Waals surface area contributed by atoms with Gasteiger partial charge >= 0.3 is 0 Å². The number of aryl methyl sites for hydroxylation is 1. The van der Waals surface area contributed by atoms with E-state index in [1.165, 1.54) is 0 Å². The van der Waals surface area contributed by atoms with Gasteiger partial charge in [0.05, 0.1) is 29.7 Å². The lowest BCUT2D eigenvalue weighted by Gasteiger charge is -2.36. The molecule has 0 radical (unpaired) electrons. The van der Waals surface area contributed by atoms with Crippen molar-refractivity contribution >= 4 is 15.7 Å². The molecule has 1 saturated heterocycles. The first kappa shape index (κ1) is 16.7. The van der Waals surface area contributed by atoms with Crippen LogP contribution in [0.3, 0.4) is 0 Å². The van der Waals surface area contributed by atoms with E-state index in [9.17, 15) is 13.2 Å². The Bertz CT molecular complexity index is 830. The first-order valence-corrected chi connectivity index (χ1v) is 9.74. The average molecular weight is 347 g/mol. The van der Waals surface area contributed by atoms with Crippen LogP contribution in [0.5, 0.6) is 0 Å². The number of benzene rings is 1. The molecule has 1 aromatic heterocycles. The number of amides is 1. The number of rotatable bonds is 3. The van der Waals surface area contributed by atoms with Crippen LogP contribution in [0.1, 0.15) is 30.0 Å². The number of nitrogens with zero attached hydrogens (tertiary/aromatic N) is 3. The number of carbonyl (C=O) groups excluding carboxylic acids is 1. The molecule has 3 rings (SSSR count). The second kappa shape index (κ2) is 6.39. The Morgan fingerprint density at radius 3 is 2.62 bits per heavy atom. The summed E-state index contributed by atoms with van der Waals surface area (Å²) in [6.07, 6.45) is 3.41. The summed E-state index contributed by atoms with van der Waals surface area (Å²) in [5.74, 6) is -0.403. The van der Waals surface area contributed by atoms with Gasteiger partial charge in [0.2, 0.25) is 5.91 Å². The zero-order valence-corrected chi connectivity index (χ0v) is 14.6. The van der Waals surface area contributed by atoms with Crippen molar-refractivity contribution in [3.63, 3.8) is 0 Å². The molecule has 24 heavy (non-hydrogen) atoms. The van der Waals surface area contributed by atoms with E-state index in [0.29, 0.717) is 0 Å². The van der Waals surface area contributed by atoms with Crippen molar-refractivity contribution in [1.29, 1.82) is 0 Å². The minimum atomic E-state index is -3.16. The van der Waals surface area contributed by atoms with E-state index >= 15 is 0 Å². The molecule has 2 atom stereocenters. The van der Waals surface area contributed by atoms with E-state index < -0.39 is 15.9 Å². The van der Waals surface area contributed by atoms with Crippen molar-refractivity contribution in [2.75, 3.05) is 18.1 Å². The summed E-state index contributed by atoms with van der Waals surface area (Å²) >= 11 is 0. The van der Waals surface area contributed by atoms with Crippen LogP contribution in [0.4, 0.5) is 0 Å². The summed E-state index contributed by atoms with van der Waals surface area (Å²) in [6, 6.07) is 9.07. The Balaban J connectivity index is 1.90. The molecule has 7 heteroatoms. The normalized spacial score (nSPS) is 21.4. The third-order valence-electron chi connectivity index (χ3n) is 4.49. The summed E-state index contributed by atoms with van der Waals surface area (Å²) in [5.41, 5.74) is 1.69. The molecule has 6 nitrogen and oxygen atoms in total. The number of carbonyl (C=O) groups is 1. The fourth-order valence-electron chi connectivity index (χ4n) is 3.09. The summed E-state index contributed by atoms with van der Waals surface area (Å²) in [6.45, 7) is 2.08. The third-order valence-corrected chi connectivity index (χ3v) is 6.12. The van der Waals surface area contributed by atoms with Crippen LogP contribution < -0.4 is 0 Å². The van der Waals surface area contributed by atoms with Gasteiger partial charge in [0.15, 0.2) is 9.84 Å². The van der Waals surface area contributed by atoms with E-state index in [2.05, 4.69) is 5.10 Å². The quantitative estimate of drug-likeness (QED) is 0.844. The molecule has 2 aromatic rings. The standard InChI is InChI=1S/C17H21N3O3S/c1-13(14-6-4-3-5-7-14)17(21)20-8-9-24(22,23)12-16(20)15-10-18-19(2)11-15/h3-7,10-11,13,16H,8-9,12H2,1-2H3/t13-,16-/m1/s1. The molecular formula is C17H21N3O3S. The van der Waals surface area contributed by atoms with E-state index in [0.717, 1.165) is 11.1 Å². The van der Waals surface area contributed by atoms with E-state index in [1.54, 1.807) is 29.0 Å². The maximum absolute atomic E-state index is 13.0. The number of hydrogen-bond donors (Lipinski definition) is 0. The average Bonchev–Trinajstić information content (AvgIpc) is 3.00. The molecule has 128 valence electrons. The van der Waals surface area contributed by atoms with Crippen LogP contribution in [0.25, 0.3) is 0 Å². The molecule has 0 spiro atoms. The fraction of sp³-hybridized carbons (Fsp3) is 0.412. The second-order valence-electron chi connectivity index (χ2n) is 6.24. The van der Waals surface area contributed by atoms with Crippen LogP contribution in [0.2, 0.25) is 0 Å². The first-order chi connectivity index (χ1) is 11.4. The van der Waals surface area contributed by atoms with Gasteiger partial charge in [0.1, 0.15) is 0 Å². The Morgan fingerprint density at radius 1 is 1.29 bits per heavy atom. The Labute approximate surface area is 142 Å². The molecule has 1 aliphatic heterocycles.